The van der Waals surface area contributed by atoms with Gasteiger partial charge >= 0.3 is 0 Å². The Hall–Kier alpha value is -3.44. The van der Waals surface area contributed by atoms with Crippen LogP contribution in [-0.4, -0.2) is 12.6 Å². The highest BCUT2D eigenvalue weighted by Crippen LogP contribution is 2.47. The van der Waals surface area contributed by atoms with E-state index in [2.05, 4.69) is 22.8 Å². The van der Waals surface area contributed by atoms with E-state index in [0.29, 0.717) is 22.9 Å². The van der Waals surface area contributed by atoms with E-state index >= 15 is 0 Å². The predicted molar refractivity (Wildman–Crippen MR) is 124 cm³/mol. The number of fused-ring (bicyclic) bond motifs is 2. The van der Waals surface area contributed by atoms with Crippen LogP contribution < -0.4 is 20.1 Å². The second kappa shape index (κ2) is 7.61. The van der Waals surface area contributed by atoms with Crippen molar-refractivity contribution in [1.82, 2.24) is 0 Å². The lowest BCUT2D eigenvalue weighted by molar-refractivity contribution is -0.116. The number of hydrogen-bond acceptors (Lipinski definition) is 5. The van der Waals surface area contributed by atoms with Crippen LogP contribution in [0.2, 0.25) is 5.02 Å². The predicted octanol–water partition coefficient (Wildman–Crippen LogP) is 6.05. The van der Waals surface area contributed by atoms with Crippen molar-refractivity contribution >= 4 is 28.8 Å². The number of benzene rings is 3. The van der Waals surface area contributed by atoms with Crippen molar-refractivity contribution in [1.29, 1.82) is 0 Å². The lowest BCUT2D eigenvalue weighted by Crippen LogP contribution is -2.27. The normalized spacial score (nSPS) is 21.2. The van der Waals surface area contributed by atoms with Gasteiger partial charge in [-0.25, -0.2) is 0 Å². The van der Waals surface area contributed by atoms with E-state index in [1.54, 1.807) is 6.07 Å². The molecule has 6 rings (SSSR count). The summed E-state index contributed by atoms with van der Waals surface area (Å²) in [6.07, 6.45) is 1.21. The van der Waals surface area contributed by atoms with Crippen LogP contribution in [0, 0.1) is 0 Å². The van der Waals surface area contributed by atoms with Crippen LogP contribution >= 0.6 is 11.6 Å². The Kier molecular flexibility index (Phi) is 4.58. The first-order valence-corrected chi connectivity index (χ1v) is 11.1. The minimum atomic E-state index is -0.396. The van der Waals surface area contributed by atoms with Gasteiger partial charge < -0.3 is 20.1 Å². The first-order chi connectivity index (χ1) is 15.7. The van der Waals surface area contributed by atoms with Crippen LogP contribution in [0.5, 0.6) is 11.5 Å². The van der Waals surface area contributed by atoms with Crippen LogP contribution in [-0.2, 0) is 4.79 Å². The zero-order valence-electron chi connectivity index (χ0n) is 17.2. The first kappa shape index (κ1) is 19.3. The van der Waals surface area contributed by atoms with E-state index < -0.39 is 6.04 Å². The summed E-state index contributed by atoms with van der Waals surface area (Å²) in [5, 5.41) is 7.67. The highest BCUT2D eigenvalue weighted by atomic mass is 35.5. The molecule has 5 nitrogen and oxygen atoms in total. The number of allylic oxidation sites excluding steroid dienone is 1. The number of ether oxygens (including phenoxy) is 2. The van der Waals surface area contributed by atoms with Crippen LogP contribution in [0.15, 0.2) is 78.0 Å². The Morgan fingerprint density at radius 3 is 2.41 bits per heavy atom. The minimum absolute atomic E-state index is 0.117. The maximum absolute atomic E-state index is 13.6. The minimum Gasteiger partial charge on any atom is -0.454 e. The second-order valence-corrected chi connectivity index (χ2v) is 8.71. The largest absolute Gasteiger partial charge is 0.454 e. The van der Waals surface area contributed by atoms with E-state index in [1.165, 1.54) is 5.56 Å². The number of carbonyl (C=O) groups excluding carboxylic acids is 1. The standard InChI is InChI=1S/C26H21ClN2O3/c27-18-13-24-23(31-14-32-24)12-17(18)26-25-21(28-19-8-4-5-9-20(19)29-26)10-16(11-22(25)30)15-6-2-1-3-7-15/h1-9,12-13,16,26,28-29H,10-11,14H2/t16-,26-/m1/s1. The second-order valence-electron chi connectivity index (χ2n) is 8.31. The number of para-hydroxylation sites is 2. The van der Waals surface area contributed by atoms with Gasteiger partial charge in [0.2, 0.25) is 6.79 Å². The summed E-state index contributed by atoms with van der Waals surface area (Å²) in [5.41, 5.74) is 5.51. The lowest BCUT2D eigenvalue weighted by Gasteiger charge is -2.30. The van der Waals surface area contributed by atoms with Gasteiger partial charge in [-0.05, 0) is 36.1 Å². The molecule has 3 aromatic rings. The monoisotopic (exact) mass is 444 g/mol. The van der Waals surface area contributed by atoms with Crippen LogP contribution in [0.25, 0.3) is 0 Å². The first-order valence-electron chi connectivity index (χ1n) is 10.7. The summed E-state index contributed by atoms with van der Waals surface area (Å²) in [5.74, 6) is 1.52. The molecule has 0 aromatic heterocycles. The SMILES string of the molecule is O=C1C[C@H](c2ccccc2)CC2=C1[C@@H](c1cc3c(cc1Cl)OCO3)Nc1ccccc1N2. The molecule has 3 aliphatic rings. The number of rotatable bonds is 2. The molecule has 0 radical (unpaired) electrons. The number of nitrogens with one attached hydrogen (secondary N) is 2. The lowest BCUT2D eigenvalue weighted by atomic mass is 9.78. The fourth-order valence-corrected chi connectivity index (χ4v) is 5.10. The molecule has 2 aliphatic heterocycles. The summed E-state index contributed by atoms with van der Waals surface area (Å²) in [6, 6.07) is 21.5. The van der Waals surface area contributed by atoms with Gasteiger partial charge in [0.15, 0.2) is 17.3 Å². The molecule has 0 bridgehead atoms. The molecule has 0 unspecified atom stereocenters. The number of carbonyl (C=O) groups is 1. The average molecular weight is 445 g/mol. The summed E-state index contributed by atoms with van der Waals surface area (Å²) >= 11 is 6.70. The molecular formula is C26H21ClN2O3. The maximum Gasteiger partial charge on any atom is 0.231 e. The van der Waals surface area contributed by atoms with Gasteiger partial charge in [-0.3, -0.25) is 4.79 Å². The number of Topliss-reactive ketones (excluding diaryl/α,β-unsaturated/α-hetero) is 1. The third-order valence-corrected chi connectivity index (χ3v) is 6.71. The molecule has 1 aliphatic carbocycles. The zero-order chi connectivity index (χ0) is 21.7. The summed E-state index contributed by atoms with van der Waals surface area (Å²) in [7, 11) is 0. The molecule has 6 heteroatoms. The Labute approximate surface area is 191 Å². The molecule has 32 heavy (non-hydrogen) atoms. The van der Waals surface area contributed by atoms with Crippen molar-refractivity contribution < 1.29 is 14.3 Å². The third kappa shape index (κ3) is 3.21. The molecule has 0 spiro atoms. The van der Waals surface area contributed by atoms with Crippen molar-refractivity contribution in [3.8, 4) is 11.5 Å². The molecule has 2 N–H and O–H groups in total. The zero-order valence-corrected chi connectivity index (χ0v) is 18.0. The molecule has 0 saturated carbocycles. The molecular weight excluding hydrogens is 424 g/mol. The highest BCUT2D eigenvalue weighted by Gasteiger charge is 2.37. The van der Waals surface area contributed by atoms with Gasteiger partial charge in [-0.2, -0.15) is 0 Å². The Bertz CT molecular complexity index is 1260. The molecule has 0 fully saturated rings. The average Bonchev–Trinajstić information content (AvgIpc) is 3.18. The smallest absolute Gasteiger partial charge is 0.231 e. The molecule has 0 saturated heterocycles. The summed E-state index contributed by atoms with van der Waals surface area (Å²) in [4.78, 5) is 13.6. The number of ketones is 1. The van der Waals surface area contributed by atoms with Gasteiger partial charge in [0.25, 0.3) is 0 Å². The number of anilines is 2. The van der Waals surface area contributed by atoms with E-state index in [9.17, 15) is 4.79 Å². The van der Waals surface area contributed by atoms with Gasteiger partial charge in [-0.15, -0.1) is 0 Å². The van der Waals surface area contributed by atoms with Gasteiger partial charge in [0.05, 0.1) is 22.4 Å². The van der Waals surface area contributed by atoms with Crippen molar-refractivity contribution in [3.05, 3.63) is 94.1 Å². The number of halogens is 1. The Morgan fingerprint density at radius 2 is 1.59 bits per heavy atom. The molecule has 2 atom stereocenters. The van der Waals surface area contributed by atoms with Gasteiger partial charge in [-0.1, -0.05) is 54.1 Å². The topological polar surface area (TPSA) is 59.6 Å². The summed E-state index contributed by atoms with van der Waals surface area (Å²) < 4.78 is 11.1. The quantitative estimate of drug-likeness (QED) is 0.504. The van der Waals surface area contributed by atoms with E-state index in [-0.39, 0.29) is 18.5 Å². The van der Waals surface area contributed by atoms with Crippen molar-refractivity contribution in [2.24, 2.45) is 0 Å². The fraction of sp³-hybridized carbons (Fsp3) is 0.192. The van der Waals surface area contributed by atoms with E-state index in [0.717, 1.165) is 34.6 Å². The van der Waals surface area contributed by atoms with E-state index in [1.807, 2.05) is 48.5 Å². The molecule has 3 aromatic carbocycles. The van der Waals surface area contributed by atoms with Crippen molar-refractivity contribution in [2.45, 2.75) is 24.8 Å². The van der Waals surface area contributed by atoms with Crippen molar-refractivity contribution in [2.75, 3.05) is 17.4 Å². The Balaban J connectivity index is 1.49. The highest BCUT2D eigenvalue weighted by molar-refractivity contribution is 6.31. The van der Waals surface area contributed by atoms with Crippen LogP contribution in [0.4, 0.5) is 11.4 Å². The van der Waals surface area contributed by atoms with E-state index in [4.69, 9.17) is 21.1 Å². The van der Waals surface area contributed by atoms with Crippen LogP contribution in [0.1, 0.15) is 35.9 Å². The fourth-order valence-electron chi connectivity index (χ4n) is 4.84. The van der Waals surface area contributed by atoms with Crippen molar-refractivity contribution in [3.63, 3.8) is 0 Å². The molecule has 160 valence electrons. The van der Waals surface area contributed by atoms with Crippen LogP contribution in [0.3, 0.4) is 0 Å². The Morgan fingerprint density at radius 1 is 0.875 bits per heavy atom. The molecule has 2 heterocycles. The van der Waals surface area contributed by atoms with Gasteiger partial charge in [0, 0.05) is 29.3 Å². The third-order valence-electron chi connectivity index (χ3n) is 6.38. The van der Waals surface area contributed by atoms with Gasteiger partial charge in [0.1, 0.15) is 0 Å². The molecule has 0 amide bonds. The maximum atomic E-state index is 13.6. The number of hydrogen-bond donors (Lipinski definition) is 2. The summed E-state index contributed by atoms with van der Waals surface area (Å²) in [6.45, 7) is 0.170.